The van der Waals surface area contributed by atoms with Crippen LogP contribution in [-0.2, 0) is 45.0 Å². The molecule has 12 rings (SSSR count). The van der Waals surface area contributed by atoms with Crippen molar-refractivity contribution in [1.29, 1.82) is 10.5 Å². The molecule has 19 nitrogen and oxygen atoms in total. The fourth-order valence-corrected chi connectivity index (χ4v) is 12.4. The van der Waals surface area contributed by atoms with Crippen LogP contribution in [0.4, 0.5) is 36.2 Å². The van der Waals surface area contributed by atoms with Crippen LogP contribution in [0, 0.1) is 28.5 Å². The van der Waals surface area contributed by atoms with Crippen molar-refractivity contribution >= 4 is 56.4 Å². The zero-order valence-electron chi connectivity index (χ0n) is 48.5. The number of rotatable bonds is 23. The highest BCUT2D eigenvalue weighted by atomic mass is 19.1. The molecular formula is C65H69F3N12O7. The van der Waals surface area contributed by atoms with Crippen molar-refractivity contribution < 1.29 is 46.4 Å². The molecule has 452 valence electrons. The van der Waals surface area contributed by atoms with Gasteiger partial charge in [-0.15, -0.1) is 0 Å². The van der Waals surface area contributed by atoms with Crippen LogP contribution in [0.15, 0.2) is 97.4 Å². The molecule has 2 amide bonds. The fourth-order valence-electron chi connectivity index (χ4n) is 12.4. The van der Waals surface area contributed by atoms with Gasteiger partial charge in [-0.1, -0.05) is 55.1 Å². The van der Waals surface area contributed by atoms with Crippen molar-refractivity contribution in [3.05, 3.63) is 126 Å². The molecule has 4 aliphatic heterocycles. The van der Waals surface area contributed by atoms with Gasteiger partial charge in [-0.25, -0.2) is 13.2 Å². The maximum absolute atomic E-state index is 15.4. The molecule has 2 saturated heterocycles. The molecule has 2 unspecified atom stereocenters. The number of carbonyl (C=O) groups is 2. The van der Waals surface area contributed by atoms with Gasteiger partial charge in [-0.05, 0) is 60.7 Å². The average molecular weight is 1190 g/mol. The number of piperazine rings is 2. The second kappa shape index (κ2) is 26.5. The van der Waals surface area contributed by atoms with Gasteiger partial charge in [0.1, 0.15) is 36.0 Å². The molecular weight excluding hydrogens is 1120 g/mol. The minimum atomic E-state index is -1.05. The van der Waals surface area contributed by atoms with E-state index < -0.39 is 30.5 Å². The summed E-state index contributed by atoms with van der Waals surface area (Å²) in [7, 11) is 0. The van der Waals surface area contributed by atoms with Gasteiger partial charge in [0.25, 0.3) is 5.91 Å². The molecule has 6 aliphatic rings. The van der Waals surface area contributed by atoms with Crippen molar-refractivity contribution in [1.82, 2.24) is 29.7 Å². The van der Waals surface area contributed by atoms with E-state index in [2.05, 4.69) is 62.6 Å². The van der Waals surface area contributed by atoms with Crippen LogP contribution >= 0.6 is 0 Å². The number of allylic oxidation sites excluding steroid dienone is 1. The van der Waals surface area contributed by atoms with Gasteiger partial charge in [0.2, 0.25) is 5.91 Å². The van der Waals surface area contributed by atoms with E-state index in [0.717, 1.165) is 62.9 Å². The maximum atomic E-state index is 15.4. The summed E-state index contributed by atoms with van der Waals surface area (Å²) in [4.78, 5) is 57.4. The van der Waals surface area contributed by atoms with Gasteiger partial charge < -0.3 is 53.1 Å². The molecule has 0 spiro atoms. The number of carbonyl (C=O) groups excluding carboxylic acids is 2. The zero-order chi connectivity index (χ0) is 60.0. The van der Waals surface area contributed by atoms with Crippen LogP contribution in [0.3, 0.4) is 0 Å². The minimum absolute atomic E-state index is 0.0218. The van der Waals surface area contributed by atoms with E-state index in [1.54, 1.807) is 11.0 Å². The number of halogens is 3. The molecule has 6 aromatic rings. The minimum Gasteiger partial charge on any atom is -0.488 e. The fraction of sp³-hybridized carbons (Fsp3) is 0.446. The lowest BCUT2D eigenvalue weighted by atomic mass is 10.0. The van der Waals surface area contributed by atoms with Crippen LogP contribution in [0.25, 0.3) is 21.5 Å². The Bertz CT molecular complexity index is 3670. The topological polar surface area (TPSA) is 199 Å². The predicted octanol–water partition coefficient (Wildman–Crippen LogP) is 8.66. The molecule has 4 atom stereocenters. The number of fused-ring (bicyclic) bond motifs is 4. The second-order valence-corrected chi connectivity index (χ2v) is 22.8. The number of hydrogen-bond acceptors (Lipinski definition) is 17. The van der Waals surface area contributed by atoms with E-state index in [1.807, 2.05) is 36.4 Å². The molecule has 4 aromatic carbocycles. The Hall–Kier alpha value is -8.73. The van der Waals surface area contributed by atoms with E-state index >= 15 is 4.39 Å². The van der Waals surface area contributed by atoms with Crippen LogP contribution in [0.2, 0.25) is 0 Å². The van der Waals surface area contributed by atoms with E-state index in [4.69, 9.17) is 43.6 Å². The van der Waals surface area contributed by atoms with Crippen molar-refractivity contribution in [3.63, 3.8) is 0 Å². The predicted molar refractivity (Wildman–Crippen MR) is 321 cm³/mol. The molecule has 2 aromatic heterocycles. The molecule has 6 heterocycles. The van der Waals surface area contributed by atoms with Gasteiger partial charge in [-0.3, -0.25) is 9.59 Å². The molecule has 4 fully saturated rings. The smallest absolute Gasteiger partial charge is 0.318 e. The third-order valence-corrected chi connectivity index (χ3v) is 16.9. The summed E-state index contributed by atoms with van der Waals surface area (Å²) in [5, 5.41) is 23.0. The van der Waals surface area contributed by atoms with E-state index in [1.165, 1.54) is 23.1 Å². The normalized spacial score (nSPS) is 20.1. The summed E-state index contributed by atoms with van der Waals surface area (Å²) in [5.74, 6) is -0.432. The number of nitrogens with zero attached hydrogens (tertiary/aromatic N) is 12. The Morgan fingerprint density at radius 2 is 1.29 bits per heavy atom. The Morgan fingerprint density at radius 1 is 0.678 bits per heavy atom. The lowest BCUT2D eigenvalue weighted by Crippen LogP contribution is -2.55. The zero-order valence-corrected chi connectivity index (χ0v) is 48.5. The number of alkyl halides is 1. The van der Waals surface area contributed by atoms with Crippen molar-refractivity contribution in [2.45, 2.75) is 101 Å². The van der Waals surface area contributed by atoms with Crippen LogP contribution in [-0.4, -0.2) is 157 Å². The molecule has 0 radical (unpaired) electrons. The molecule has 2 saturated carbocycles. The second-order valence-electron chi connectivity index (χ2n) is 22.8. The number of aromatic nitrogens is 4. The highest BCUT2D eigenvalue weighted by molar-refractivity contribution is 5.97. The first-order chi connectivity index (χ1) is 42.5. The standard InChI is InChI=1S/C65H69F3N12O7/c1-42(67)63(82)80-30-28-78(39-46(80)19-24-70)62-51-21-26-76(41-54(51)72-65(74-62)85-33-7-31-83-47-16-17-47)56-36-48(35-44-9-2-3-12-49(44)56)87-58-37-57(58)84-32-8-34-86-64-71-53-40-75(55-14-5-11-43-10-4-13-52(68)60(43)55)25-20-50(53)61(73-64)77-27-29-79(45(38-77)18-23-69)59(81)15-6-22-66/h2-6,9-15,35-36,45-47,57-58H,1,7-8,16-22,25-34,37-41H2/b15-6+/t45-,46-,57?,58?/m0/s1. The van der Waals surface area contributed by atoms with Gasteiger partial charge in [0.05, 0.1) is 100 Å². The van der Waals surface area contributed by atoms with Crippen LogP contribution in [0.1, 0.15) is 67.5 Å². The van der Waals surface area contributed by atoms with Crippen molar-refractivity contribution in [2.75, 3.05) is 105 Å². The number of ether oxygens (including phenoxy) is 5. The van der Waals surface area contributed by atoms with E-state index in [0.29, 0.717) is 133 Å². The Balaban J connectivity index is 0.710. The average Bonchev–Trinajstić information content (AvgIpc) is 1.79. The highest BCUT2D eigenvalue weighted by Crippen LogP contribution is 2.41. The summed E-state index contributed by atoms with van der Waals surface area (Å²) in [6.07, 6.45) is 7.80. The summed E-state index contributed by atoms with van der Waals surface area (Å²) in [6, 6.07) is 27.0. The van der Waals surface area contributed by atoms with Gasteiger partial charge >= 0.3 is 12.0 Å². The molecule has 0 N–H and O–H groups in total. The number of hydrogen-bond donors (Lipinski definition) is 0. The maximum Gasteiger partial charge on any atom is 0.318 e. The summed E-state index contributed by atoms with van der Waals surface area (Å²) in [6.45, 7) is 8.02. The number of nitriles is 2. The van der Waals surface area contributed by atoms with Crippen LogP contribution in [0.5, 0.6) is 17.8 Å². The summed E-state index contributed by atoms with van der Waals surface area (Å²) >= 11 is 0. The Morgan fingerprint density at radius 3 is 1.93 bits per heavy atom. The summed E-state index contributed by atoms with van der Waals surface area (Å²) < 4.78 is 74.0. The van der Waals surface area contributed by atoms with Crippen LogP contribution < -0.4 is 33.8 Å². The Labute approximate surface area is 503 Å². The third-order valence-electron chi connectivity index (χ3n) is 16.9. The van der Waals surface area contributed by atoms with E-state index in [9.17, 15) is 28.9 Å². The third kappa shape index (κ3) is 13.3. The Kier molecular flexibility index (Phi) is 17.9. The van der Waals surface area contributed by atoms with Gasteiger partial charge in [0, 0.05) is 117 Å². The van der Waals surface area contributed by atoms with Gasteiger partial charge in [-0.2, -0.15) is 30.5 Å². The first-order valence-electron chi connectivity index (χ1n) is 30.1. The lowest BCUT2D eigenvalue weighted by Gasteiger charge is -2.42. The number of benzene rings is 4. The largest absolute Gasteiger partial charge is 0.488 e. The molecule has 87 heavy (non-hydrogen) atoms. The monoisotopic (exact) mass is 1190 g/mol. The number of anilines is 4. The summed E-state index contributed by atoms with van der Waals surface area (Å²) in [5.41, 5.74) is 5.19. The van der Waals surface area contributed by atoms with E-state index in [-0.39, 0.29) is 68.5 Å². The van der Waals surface area contributed by atoms with Gasteiger partial charge in [0.15, 0.2) is 5.83 Å². The molecule has 0 bridgehead atoms. The first kappa shape index (κ1) is 58.6. The van der Waals surface area contributed by atoms with Crippen molar-refractivity contribution in [3.8, 4) is 29.9 Å². The number of amides is 2. The molecule has 2 aliphatic carbocycles. The lowest BCUT2D eigenvalue weighted by molar-refractivity contribution is -0.131. The first-order valence-corrected chi connectivity index (χ1v) is 30.1. The highest BCUT2D eigenvalue weighted by Gasteiger charge is 2.42. The van der Waals surface area contributed by atoms with Crippen molar-refractivity contribution in [2.24, 2.45) is 0 Å². The quantitative estimate of drug-likeness (QED) is 0.0436. The SMILES string of the molecule is C=C(F)C(=O)N1CCN(c2nc(OCCCOC3CC3)nc3c2CCN(c2cc(OC4CC4OCCCOc4nc5c(c(N6CCN(C(=O)/C=C/CF)[C@@H](CC#N)C6)n4)CCN(c4cccc6cccc(F)c46)C5)cc4ccccc24)C3)C[C@@H]1CC#N. The molecule has 22 heteroatoms.